The van der Waals surface area contributed by atoms with Crippen molar-refractivity contribution in [1.29, 1.82) is 0 Å². The molecule has 1 aromatic heterocycles. The van der Waals surface area contributed by atoms with Crippen LogP contribution in [0.15, 0.2) is 32.9 Å². The predicted molar refractivity (Wildman–Crippen MR) is 77.5 cm³/mol. The molecule has 0 atom stereocenters. The van der Waals surface area contributed by atoms with Gasteiger partial charge in [-0.25, -0.2) is 0 Å². The van der Waals surface area contributed by atoms with E-state index >= 15 is 0 Å². The van der Waals surface area contributed by atoms with Gasteiger partial charge < -0.3 is 5.32 Å². The minimum Gasteiger partial charge on any atom is -0.310 e. The van der Waals surface area contributed by atoms with Crippen molar-refractivity contribution in [2.24, 2.45) is 0 Å². The monoisotopic (exact) mass is 299 g/mol. The summed E-state index contributed by atoms with van der Waals surface area (Å²) in [5, 5.41) is 11.9. The van der Waals surface area contributed by atoms with Crippen molar-refractivity contribution in [3.63, 3.8) is 0 Å². The third-order valence-electron chi connectivity index (χ3n) is 2.25. The minimum atomic E-state index is 0.472. The summed E-state index contributed by atoms with van der Waals surface area (Å²) in [6, 6.07) is 6.59. The van der Waals surface area contributed by atoms with Crippen LogP contribution in [0.5, 0.6) is 0 Å². The van der Waals surface area contributed by atoms with Crippen molar-refractivity contribution in [2.75, 3.05) is 0 Å². The summed E-state index contributed by atoms with van der Waals surface area (Å²) in [5.41, 5.74) is 2.91. The molecule has 1 heterocycles. The smallest absolute Gasteiger partial charge is 0.178 e. The van der Waals surface area contributed by atoms with Crippen molar-refractivity contribution in [3.8, 4) is 0 Å². The van der Waals surface area contributed by atoms with Crippen molar-refractivity contribution < 1.29 is 0 Å². The van der Waals surface area contributed by atoms with Crippen LogP contribution in [0.3, 0.4) is 0 Å². The van der Waals surface area contributed by atoms with Gasteiger partial charge in [-0.2, -0.15) is 0 Å². The highest BCUT2D eigenvalue weighted by Gasteiger charge is 2.06. The van der Waals surface area contributed by atoms with Crippen LogP contribution in [0.1, 0.15) is 19.4 Å². The van der Waals surface area contributed by atoms with Gasteiger partial charge in [-0.3, -0.25) is 0 Å². The van der Waals surface area contributed by atoms with E-state index in [4.69, 9.17) is 11.6 Å². The number of hydrogen-bond donors (Lipinski definition) is 1. The SMILES string of the molecule is CC(C)NCc1ccc(Sc2nncs2)c(Cl)c1. The lowest BCUT2D eigenvalue weighted by Gasteiger charge is -2.09. The summed E-state index contributed by atoms with van der Waals surface area (Å²) >= 11 is 9.33. The van der Waals surface area contributed by atoms with Crippen LogP contribution in [-0.4, -0.2) is 16.2 Å². The Morgan fingerprint density at radius 2 is 2.28 bits per heavy atom. The molecule has 3 nitrogen and oxygen atoms in total. The van der Waals surface area contributed by atoms with Gasteiger partial charge in [-0.15, -0.1) is 10.2 Å². The Kier molecular flexibility index (Phi) is 5.00. The average Bonchev–Trinajstić information content (AvgIpc) is 2.82. The lowest BCUT2D eigenvalue weighted by atomic mass is 10.2. The quantitative estimate of drug-likeness (QED) is 0.910. The molecule has 0 bridgehead atoms. The van der Waals surface area contributed by atoms with Crippen LogP contribution in [0.25, 0.3) is 0 Å². The third-order valence-corrected chi connectivity index (χ3v) is 4.53. The van der Waals surface area contributed by atoms with Gasteiger partial charge in [0.25, 0.3) is 0 Å². The highest BCUT2D eigenvalue weighted by atomic mass is 35.5. The predicted octanol–water partition coefficient (Wildman–Crippen LogP) is 3.84. The van der Waals surface area contributed by atoms with Crippen molar-refractivity contribution in [3.05, 3.63) is 34.3 Å². The van der Waals surface area contributed by atoms with Gasteiger partial charge in [0.15, 0.2) is 4.34 Å². The number of aromatic nitrogens is 2. The molecule has 0 saturated heterocycles. The number of hydrogen-bond acceptors (Lipinski definition) is 5. The van der Waals surface area contributed by atoms with E-state index < -0.39 is 0 Å². The Bertz CT molecular complexity index is 500. The highest BCUT2D eigenvalue weighted by molar-refractivity contribution is 8.01. The molecule has 0 radical (unpaired) electrons. The fourth-order valence-electron chi connectivity index (χ4n) is 1.36. The largest absolute Gasteiger partial charge is 0.310 e. The van der Waals surface area contributed by atoms with E-state index in [-0.39, 0.29) is 0 Å². The Morgan fingerprint density at radius 1 is 1.44 bits per heavy atom. The molecule has 0 aliphatic heterocycles. The minimum absolute atomic E-state index is 0.472. The fraction of sp³-hybridized carbons (Fsp3) is 0.333. The molecule has 2 rings (SSSR count). The number of nitrogens with zero attached hydrogens (tertiary/aromatic N) is 2. The maximum Gasteiger partial charge on any atom is 0.178 e. The van der Waals surface area contributed by atoms with E-state index in [2.05, 4.69) is 35.4 Å². The van der Waals surface area contributed by atoms with Gasteiger partial charge in [0, 0.05) is 17.5 Å². The summed E-state index contributed by atoms with van der Waals surface area (Å²) < 4.78 is 0.907. The van der Waals surface area contributed by atoms with E-state index in [1.165, 1.54) is 16.9 Å². The molecule has 0 saturated carbocycles. The Labute approximate surface area is 120 Å². The molecular formula is C12H14ClN3S2. The van der Waals surface area contributed by atoms with E-state index in [1.807, 2.05) is 12.1 Å². The molecular weight excluding hydrogens is 286 g/mol. The number of halogens is 1. The Hall–Kier alpha value is -0.620. The van der Waals surface area contributed by atoms with E-state index in [0.717, 1.165) is 20.8 Å². The molecule has 0 unspecified atom stereocenters. The van der Waals surface area contributed by atoms with Gasteiger partial charge in [0.2, 0.25) is 0 Å². The average molecular weight is 300 g/mol. The van der Waals surface area contributed by atoms with Crippen LogP contribution >= 0.6 is 34.7 Å². The van der Waals surface area contributed by atoms with Crippen molar-refractivity contribution >= 4 is 34.7 Å². The first-order valence-corrected chi connectivity index (χ1v) is 7.68. The zero-order valence-electron chi connectivity index (χ0n) is 10.2. The standard InChI is InChI=1S/C12H14ClN3S2/c1-8(2)14-6-9-3-4-11(10(13)5-9)18-12-16-15-7-17-12/h3-5,7-8,14H,6H2,1-2H3. The van der Waals surface area contributed by atoms with Crippen molar-refractivity contribution in [1.82, 2.24) is 15.5 Å². The van der Waals surface area contributed by atoms with Crippen LogP contribution in [0.2, 0.25) is 5.02 Å². The zero-order chi connectivity index (χ0) is 13.0. The van der Waals surface area contributed by atoms with Crippen LogP contribution < -0.4 is 5.32 Å². The number of nitrogens with one attached hydrogen (secondary N) is 1. The molecule has 0 amide bonds. The van der Waals surface area contributed by atoms with E-state index in [0.29, 0.717) is 6.04 Å². The summed E-state index contributed by atoms with van der Waals surface area (Å²) in [5.74, 6) is 0. The molecule has 6 heteroatoms. The molecule has 0 fully saturated rings. The normalized spacial score (nSPS) is 11.1. The van der Waals surface area contributed by atoms with Crippen molar-refractivity contribution in [2.45, 2.75) is 35.7 Å². The molecule has 2 aromatic rings. The van der Waals surface area contributed by atoms with Gasteiger partial charge in [0.1, 0.15) is 5.51 Å². The van der Waals surface area contributed by atoms with Crippen LogP contribution in [-0.2, 0) is 6.54 Å². The maximum absolute atomic E-state index is 6.27. The number of benzene rings is 1. The lowest BCUT2D eigenvalue weighted by molar-refractivity contribution is 0.589. The zero-order valence-corrected chi connectivity index (χ0v) is 12.6. The molecule has 1 aromatic carbocycles. The highest BCUT2D eigenvalue weighted by Crippen LogP contribution is 2.34. The van der Waals surface area contributed by atoms with Gasteiger partial charge in [-0.05, 0) is 17.7 Å². The number of rotatable bonds is 5. The second kappa shape index (κ2) is 6.52. The Morgan fingerprint density at radius 3 is 2.89 bits per heavy atom. The van der Waals surface area contributed by atoms with Crippen LogP contribution in [0.4, 0.5) is 0 Å². The van der Waals surface area contributed by atoms with Crippen LogP contribution in [0, 0.1) is 0 Å². The summed E-state index contributed by atoms with van der Waals surface area (Å²) in [4.78, 5) is 1.02. The first-order valence-electron chi connectivity index (χ1n) is 5.61. The molecule has 96 valence electrons. The van der Waals surface area contributed by atoms with Gasteiger partial charge in [-0.1, -0.05) is 54.6 Å². The topological polar surface area (TPSA) is 37.8 Å². The second-order valence-electron chi connectivity index (χ2n) is 4.11. The lowest BCUT2D eigenvalue weighted by Crippen LogP contribution is -2.21. The first-order chi connectivity index (χ1) is 8.65. The first kappa shape index (κ1) is 13.8. The Balaban J connectivity index is 2.05. The summed E-state index contributed by atoms with van der Waals surface area (Å²) in [6.07, 6.45) is 0. The fourth-order valence-corrected chi connectivity index (χ4v) is 3.12. The summed E-state index contributed by atoms with van der Waals surface area (Å²) in [7, 11) is 0. The second-order valence-corrected chi connectivity index (χ2v) is 6.64. The molecule has 1 N–H and O–H groups in total. The molecule has 18 heavy (non-hydrogen) atoms. The van der Waals surface area contributed by atoms with Gasteiger partial charge in [0.05, 0.1) is 5.02 Å². The van der Waals surface area contributed by atoms with Gasteiger partial charge >= 0.3 is 0 Å². The van der Waals surface area contributed by atoms with E-state index in [9.17, 15) is 0 Å². The maximum atomic E-state index is 6.27. The molecule has 0 aliphatic rings. The third kappa shape index (κ3) is 3.95. The molecule has 0 spiro atoms. The molecule has 0 aliphatic carbocycles. The summed E-state index contributed by atoms with van der Waals surface area (Å²) in [6.45, 7) is 5.09. The van der Waals surface area contributed by atoms with E-state index in [1.54, 1.807) is 17.3 Å².